The molecule has 0 aromatic rings. The van der Waals surface area contributed by atoms with Crippen LogP contribution in [0, 0.1) is 5.92 Å². The molecule has 0 aliphatic heterocycles. The minimum Gasteiger partial charge on any atom is -0.481 e. The molecule has 0 saturated carbocycles. The predicted octanol–water partition coefficient (Wildman–Crippen LogP) is 1.27. The number of carboxylic acids is 1. The van der Waals surface area contributed by atoms with Crippen LogP contribution in [0.4, 0.5) is 0 Å². The van der Waals surface area contributed by atoms with Crippen molar-refractivity contribution in [2.75, 3.05) is 0 Å². The van der Waals surface area contributed by atoms with E-state index in [1.807, 2.05) is 13.8 Å². The first-order valence-corrected chi connectivity index (χ1v) is 3.51. The van der Waals surface area contributed by atoms with Gasteiger partial charge in [-0.25, -0.2) is 4.79 Å². The summed E-state index contributed by atoms with van der Waals surface area (Å²) in [7, 11) is 0. The largest absolute Gasteiger partial charge is 0.481 e. The molecule has 0 rings (SSSR count). The van der Waals surface area contributed by atoms with Crippen LogP contribution >= 0.6 is 0 Å². The van der Waals surface area contributed by atoms with Gasteiger partial charge in [0, 0.05) is 5.57 Å². The van der Waals surface area contributed by atoms with E-state index in [9.17, 15) is 9.59 Å². The summed E-state index contributed by atoms with van der Waals surface area (Å²) < 4.78 is 0. The molecule has 0 atom stereocenters. The Bertz CT molecular complexity index is 188. The first-order valence-electron chi connectivity index (χ1n) is 3.51. The van der Waals surface area contributed by atoms with Gasteiger partial charge in [0.05, 0.1) is 6.42 Å². The molecule has 0 amide bonds. The molecule has 0 aliphatic carbocycles. The molecule has 3 nitrogen and oxygen atoms in total. The first-order chi connectivity index (χ1) is 5.06. The lowest BCUT2D eigenvalue weighted by atomic mass is 10.0. The summed E-state index contributed by atoms with van der Waals surface area (Å²) in [6.07, 6.45) is 0.345. The van der Waals surface area contributed by atoms with Crippen molar-refractivity contribution in [3.63, 3.8) is 0 Å². The minimum absolute atomic E-state index is 0.179. The predicted molar refractivity (Wildman–Crippen MR) is 40.9 cm³/mol. The molecule has 0 spiro atoms. The third-order valence-corrected chi connectivity index (χ3v) is 1.16. The first kappa shape index (κ1) is 9.92. The topological polar surface area (TPSA) is 54.4 Å². The van der Waals surface area contributed by atoms with Crippen molar-refractivity contribution < 1.29 is 14.7 Å². The SMILES string of the molecule is CC(C)CC(=C=O)CC(=O)O. The monoisotopic (exact) mass is 156 g/mol. The summed E-state index contributed by atoms with van der Waals surface area (Å²) in [5.74, 6) is 0.993. The number of aliphatic carboxylic acids is 1. The number of hydrogen-bond acceptors (Lipinski definition) is 2. The van der Waals surface area contributed by atoms with Gasteiger partial charge in [-0.2, -0.15) is 0 Å². The van der Waals surface area contributed by atoms with Crippen molar-refractivity contribution >= 4 is 11.9 Å². The molecule has 0 fully saturated rings. The Morgan fingerprint density at radius 1 is 1.55 bits per heavy atom. The van der Waals surface area contributed by atoms with Gasteiger partial charge in [-0.15, -0.1) is 0 Å². The van der Waals surface area contributed by atoms with Crippen LogP contribution < -0.4 is 0 Å². The molecule has 0 heterocycles. The van der Waals surface area contributed by atoms with Crippen molar-refractivity contribution in [3.8, 4) is 0 Å². The van der Waals surface area contributed by atoms with Crippen LogP contribution in [0.3, 0.4) is 0 Å². The number of hydrogen-bond donors (Lipinski definition) is 1. The second kappa shape index (κ2) is 4.69. The van der Waals surface area contributed by atoms with Crippen LogP contribution in [0.15, 0.2) is 5.57 Å². The van der Waals surface area contributed by atoms with E-state index in [1.54, 1.807) is 5.94 Å². The maximum atomic E-state index is 10.2. The normalized spacial score (nSPS) is 9.36. The van der Waals surface area contributed by atoms with Crippen molar-refractivity contribution in [2.24, 2.45) is 5.92 Å². The van der Waals surface area contributed by atoms with Crippen LogP contribution in [0.5, 0.6) is 0 Å². The lowest BCUT2D eigenvalue weighted by Crippen LogP contribution is -2.00. The summed E-state index contributed by atoms with van der Waals surface area (Å²) in [6, 6.07) is 0. The average molecular weight is 156 g/mol. The highest BCUT2D eigenvalue weighted by atomic mass is 16.4. The van der Waals surface area contributed by atoms with E-state index in [0.29, 0.717) is 17.9 Å². The Morgan fingerprint density at radius 3 is 2.36 bits per heavy atom. The Labute approximate surface area is 65.7 Å². The molecule has 0 aromatic carbocycles. The fraction of sp³-hybridized carbons (Fsp3) is 0.625. The molecule has 62 valence electrons. The molecular formula is C8H12O3. The van der Waals surface area contributed by atoms with Gasteiger partial charge in [0.1, 0.15) is 5.94 Å². The standard InChI is InChI=1S/C8H12O3/c1-6(2)3-7(5-9)4-8(10)11/h6H,3-4H2,1-2H3,(H,10,11). The summed E-state index contributed by atoms with van der Waals surface area (Å²) >= 11 is 0. The third-order valence-electron chi connectivity index (χ3n) is 1.16. The van der Waals surface area contributed by atoms with Crippen molar-refractivity contribution in [2.45, 2.75) is 26.7 Å². The molecular weight excluding hydrogens is 144 g/mol. The quantitative estimate of drug-likeness (QED) is 0.623. The molecule has 11 heavy (non-hydrogen) atoms. The van der Waals surface area contributed by atoms with Crippen molar-refractivity contribution in [1.82, 2.24) is 0 Å². The van der Waals surface area contributed by atoms with E-state index in [2.05, 4.69) is 0 Å². The summed E-state index contributed by atoms with van der Waals surface area (Å²) in [6.45, 7) is 3.86. The number of carboxylic acid groups (broad SMARTS) is 1. The van der Waals surface area contributed by atoms with E-state index in [0.717, 1.165) is 0 Å². The fourth-order valence-electron chi connectivity index (χ4n) is 0.825. The summed E-state index contributed by atoms with van der Waals surface area (Å²) in [5, 5.41) is 8.33. The summed E-state index contributed by atoms with van der Waals surface area (Å²) in [4.78, 5) is 20.3. The van der Waals surface area contributed by atoms with Crippen LogP contribution in [-0.4, -0.2) is 17.0 Å². The zero-order chi connectivity index (χ0) is 8.85. The molecule has 0 bridgehead atoms. The van der Waals surface area contributed by atoms with E-state index in [4.69, 9.17) is 5.11 Å². The van der Waals surface area contributed by atoms with Crippen LogP contribution in [0.1, 0.15) is 26.7 Å². The molecule has 0 radical (unpaired) electrons. The zero-order valence-corrected chi connectivity index (χ0v) is 6.76. The van der Waals surface area contributed by atoms with E-state index in [1.165, 1.54) is 0 Å². The zero-order valence-electron chi connectivity index (χ0n) is 6.76. The van der Waals surface area contributed by atoms with E-state index >= 15 is 0 Å². The molecule has 1 N–H and O–H groups in total. The maximum absolute atomic E-state index is 10.2. The van der Waals surface area contributed by atoms with Crippen LogP contribution in [-0.2, 0) is 9.59 Å². The van der Waals surface area contributed by atoms with Crippen LogP contribution in [0.25, 0.3) is 0 Å². The average Bonchev–Trinajstić information content (AvgIpc) is 1.84. The Morgan fingerprint density at radius 2 is 2.09 bits per heavy atom. The molecule has 0 aromatic heterocycles. The number of carbonyl (C=O) groups excluding carboxylic acids is 1. The smallest absolute Gasteiger partial charge is 0.308 e. The van der Waals surface area contributed by atoms with Crippen LogP contribution in [0.2, 0.25) is 0 Å². The lowest BCUT2D eigenvalue weighted by Gasteiger charge is -2.02. The van der Waals surface area contributed by atoms with E-state index in [-0.39, 0.29) is 6.42 Å². The number of rotatable bonds is 4. The maximum Gasteiger partial charge on any atom is 0.308 e. The molecule has 3 heteroatoms. The molecule has 0 unspecified atom stereocenters. The van der Waals surface area contributed by atoms with Gasteiger partial charge in [0.15, 0.2) is 0 Å². The third kappa shape index (κ3) is 5.37. The van der Waals surface area contributed by atoms with Gasteiger partial charge in [-0.1, -0.05) is 13.8 Å². The molecule has 0 saturated heterocycles. The highest BCUT2D eigenvalue weighted by molar-refractivity contribution is 5.74. The lowest BCUT2D eigenvalue weighted by molar-refractivity contribution is -0.136. The second-order valence-corrected chi connectivity index (χ2v) is 2.87. The Kier molecular flexibility index (Phi) is 4.23. The van der Waals surface area contributed by atoms with Gasteiger partial charge in [0.25, 0.3) is 0 Å². The summed E-state index contributed by atoms with van der Waals surface area (Å²) in [5.41, 5.74) is 0.340. The number of carbonyl (C=O) groups is 1. The Hall–Kier alpha value is -1.08. The highest BCUT2D eigenvalue weighted by Gasteiger charge is 2.06. The van der Waals surface area contributed by atoms with Gasteiger partial charge < -0.3 is 5.11 Å². The van der Waals surface area contributed by atoms with Gasteiger partial charge in [-0.3, -0.25) is 4.79 Å². The fourth-order valence-corrected chi connectivity index (χ4v) is 0.825. The molecule has 0 aliphatic rings. The van der Waals surface area contributed by atoms with Gasteiger partial charge >= 0.3 is 5.97 Å². The Balaban J connectivity index is 3.99. The van der Waals surface area contributed by atoms with E-state index < -0.39 is 5.97 Å². The highest BCUT2D eigenvalue weighted by Crippen LogP contribution is 2.10. The van der Waals surface area contributed by atoms with Gasteiger partial charge in [0.2, 0.25) is 0 Å². The van der Waals surface area contributed by atoms with Crippen molar-refractivity contribution in [1.29, 1.82) is 0 Å². The second-order valence-electron chi connectivity index (χ2n) is 2.87. The minimum atomic E-state index is -0.969. The van der Waals surface area contributed by atoms with Gasteiger partial charge in [-0.05, 0) is 12.3 Å². The van der Waals surface area contributed by atoms with Crippen molar-refractivity contribution in [3.05, 3.63) is 5.57 Å².